The molecule has 2 aliphatic rings. The maximum Gasteiger partial charge on any atom is 0.282 e. The third kappa shape index (κ3) is 4.57. The van der Waals surface area contributed by atoms with Crippen molar-refractivity contribution in [1.82, 2.24) is 10.3 Å². The molecule has 0 radical (unpaired) electrons. The van der Waals surface area contributed by atoms with Crippen LogP contribution >= 0.6 is 0 Å². The van der Waals surface area contributed by atoms with Gasteiger partial charge >= 0.3 is 0 Å². The SMILES string of the molecule is COc1cc(/C=C2/C(=O)NN(c3ccccc3)C2=O)ccc1OCC(=O)N1CCOCC1. The van der Waals surface area contributed by atoms with Gasteiger partial charge in [-0.3, -0.25) is 19.8 Å². The van der Waals surface area contributed by atoms with E-state index in [1.165, 1.54) is 18.2 Å². The second-order valence-electron chi connectivity index (χ2n) is 7.17. The first kappa shape index (κ1) is 21.4. The highest BCUT2D eigenvalue weighted by atomic mass is 16.5. The second-order valence-corrected chi connectivity index (χ2v) is 7.17. The number of hydrogen-bond acceptors (Lipinski definition) is 6. The Kier molecular flexibility index (Phi) is 6.37. The number of hydrazine groups is 1. The van der Waals surface area contributed by atoms with Gasteiger partial charge in [0.1, 0.15) is 5.57 Å². The molecular weight excluding hydrogens is 414 g/mol. The summed E-state index contributed by atoms with van der Waals surface area (Å²) < 4.78 is 16.3. The van der Waals surface area contributed by atoms with E-state index in [0.29, 0.717) is 49.1 Å². The number of methoxy groups -OCH3 is 1. The van der Waals surface area contributed by atoms with E-state index in [4.69, 9.17) is 14.2 Å². The van der Waals surface area contributed by atoms with Crippen molar-refractivity contribution in [3.8, 4) is 11.5 Å². The van der Waals surface area contributed by atoms with Gasteiger partial charge in [0.25, 0.3) is 17.7 Å². The molecule has 0 bridgehead atoms. The van der Waals surface area contributed by atoms with Crippen molar-refractivity contribution in [3.05, 3.63) is 59.7 Å². The van der Waals surface area contributed by atoms with Gasteiger partial charge in [-0.15, -0.1) is 0 Å². The number of benzene rings is 2. The Balaban J connectivity index is 1.47. The molecule has 2 saturated heterocycles. The van der Waals surface area contributed by atoms with E-state index in [2.05, 4.69) is 5.43 Å². The Morgan fingerprint density at radius 1 is 1.09 bits per heavy atom. The molecule has 0 unspecified atom stereocenters. The number of amides is 3. The minimum Gasteiger partial charge on any atom is -0.493 e. The Labute approximate surface area is 185 Å². The molecule has 166 valence electrons. The molecule has 4 rings (SSSR count). The number of ether oxygens (including phenoxy) is 3. The van der Waals surface area contributed by atoms with Crippen LogP contribution in [0.4, 0.5) is 5.69 Å². The topological polar surface area (TPSA) is 97.4 Å². The quantitative estimate of drug-likeness (QED) is 0.542. The largest absolute Gasteiger partial charge is 0.493 e. The third-order valence-corrected chi connectivity index (χ3v) is 5.12. The van der Waals surface area contributed by atoms with E-state index >= 15 is 0 Å². The van der Waals surface area contributed by atoms with Gasteiger partial charge in [0, 0.05) is 13.1 Å². The fourth-order valence-corrected chi connectivity index (χ4v) is 3.42. The zero-order chi connectivity index (χ0) is 22.5. The van der Waals surface area contributed by atoms with Crippen LogP contribution in [0.3, 0.4) is 0 Å². The van der Waals surface area contributed by atoms with E-state index in [1.807, 2.05) is 6.07 Å². The molecule has 0 saturated carbocycles. The first-order valence-corrected chi connectivity index (χ1v) is 10.2. The van der Waals surface area contributed by atoms with Gasteiger partial charge in [0.15, 0.2) is 18.1 Å². The number of nitrogens with one attached hydrogen (secondary N) is 1. The standard InChI is InChI=1S/C23H23N3O6/c1-30-20-14-16(7-8-19(20)32-15-21(27)25-9-11-31-12-10-25)13-18-22(28)24-26(23(18)29)17-5-3-2-4-6-17/h2-8,13-14H,9-12,15H2,1H3,(H,24,28)/b18-13-. The molecule has 1 N–H and O–H groups in total. The summed E-state index contributed by atoms with van der Waals surface area (Å²) in [5.41, 5.74) is 3.73. The number of carbonyl (C=O) groups excluding carboxylic acids is 3. The van der Waals surface area contributed by atoms with Gasteiger partial charge in [0.05, 0.1) is 26.0 Å². The maximum absolute atomic E-state index is 12.7. The molecule has 9 heteroatoms. The van der Waals surface area contributed by atoms with Crippen LogP contribution in [0.2, 0.25) is 0 Å². The lowest BCUT2D eigenvalue weighted by Crippen LogP contribution is -2.43. The van der Waals surface area contributed by atoms with Crippen LogP contribution in [0.1, 0.15) is 5.56 Å². The fourth-order valence-electron chi connectivity index (χ4n) is 3.42. The van der Waals surface area contributed by atoms with Gasteiger partial charge in [-0.1, -0.05) is 24.3 Å². The molecule has 3 amide bonds. The van der Waals surface area contributed by atoms with Crippen molar-refractivity contribution in [2.75, 3.05) is 45.0 Å². The Bertz CT molecular complexity index is 1050. The summed E-state index contributed by atoms with van der Waals surface area (Å²) in [5, 5.41) is 1.21. The van der Waals surface area contributed by atoms with Gasteiger partial charge in [-0.05, 0) is 35.9 Å². The summed E-state index contributed by atoms with van der Waals surface area (Å²) in [7, 11) is 1.48. The van der Waals surface area contributed by atoms with Crippen LogP contribution in [0.25, 0.3) is 6.08 Å². The Hall–Kier alpha value is -3.85. The third-order valence-electron chi connectivity index (χ3n) is 5.12. The van der Waals surface area contributed by atoms with E-state index < -0.39 is 11.8 Å². The predicted molar refractivity (Wildman–Crippen MR) is 116 cm³/mol. The molecular formula is C23H23N3O6. The van der Waals surface area contributed by atoms with Crippen molar-refractivity contribution in [2.45, 2.75) is 0 Å². The summed E-state index contributed by atoms with van der Waals surface area (Å²) >= 11 is 0. The van der Waals surface area contributed by atoms with Gasteiger partial charge in [-0.25, -0.2) is 5.01 Å². The summed E-state index contributed by atoms with van der Waals surface area (Å²) in [6, 6.07) is 13.8. The number of rotatable bonds is 6. The van der Waals surface area contributed by atoms with Gasteiger partial charge < -0.3 is 19.1 Å². The van der Waals surface area contributed by atoms with E-state index in [-0.39, 0.29) is 18.1 Å². The number of nitrogens with zero attached hydrogens (tertiary/aromatic N) is 2. The first-order valence-electron chi connectivity index (χ1n) is 10.2. The van der Waals surface area contributed by atoms with E-state index in [0.717, 1.165) is 0 Å². The predicted octanol–water partition coefficient (Wildman–Crippen LogP) is 1.39. The van der Waals surface area contributed by atoms with Crippen LogP contribution in [0.15, 0.2) is 54.1 Å². The van der Waals surface area contributed by atoms with Gasteiger partial charge in [-0.2, -0.15) is 0 Å². The van der Waals surface area contributed by atoms with Crippen LogP contribution in [-0.4, -0.2) is 62.6 Å². The van der Waals surface area contributed by atoms with Crippen LogP contribution in [0.5, 0.6) is 11.5 Å². The molecule has 2 aromatic rings. The maximum atomic E-state index is 12.7. The monoisotopic (exact) mass is 437 g/mol. The summed E-state index contributed by atoms with van der Waals surface area (Å²) in [6.45, 7) is 2.01. The highest BCUT2D eigenvalue weighted by Gasteiger charge is 2.34. The molecule has 0 spiro atoms. The molecule has 2 aliphatic heterocycles. The van der Waals surface area contributed by atoms with Gasteiger partial charge in [0.2, 0.25) is 0 Å². The highest BCUT2D eigenvalue weighted by Crippen LogP contribution is 2.30. The lowest BCUT2D eigenvalue weighted by molar-refractivity contribution is -0.137. The molecule has 0 atom stereocenters. The summed E-state index contributed by atoms with van der Waals surface area (Å²) in [4.78, 5) is 39.1. The van der Waals surface area contributed by atoms with E-state index in [9.17, 15) is 14.4 Å². The number of para-hydroxylation sites is 1. The number of morpholine rings is 1. The molecule has 9 nitrogen and oxygen atoms in total. The minimum atomic E-state index is -0.491. The first-order chi connectivity index (χ1) is 15.6. The second kappa shape index (κ2) is 9.52. The van der Waals surface area contributed by atoms with Crippen LogP contribution in [0, 0.1) is 0 Å². The normalized spacial score (nSPS) is 17.5. The van der Waals surface area contributed by atoms with Crippen LogP contribution < -0.4 is 19.9 Å². The Morgan fingerprint density at radius 2 is 1.84 bits per heavy atom. The van der Waals surface area contributed by atoms with Crippen molar-refractivity contribution >= 4 is 29.5 Å². The smallest absolute Gasteiger partial charge is 0.282 e. The molecule has 0 aliphatic carbocycles. The Morgan fingerprint density at radius 3 is 2.56 bits per heavy atom. The molecule has 0 aromatic heterocycles. The number of carbonyl (C=O) groups is 3. The average Bonchev–Trinajstić information content (AvgIpc) is 3.12. The molecule has 32 heavy (non-hydrogen) atoms. The van der Waals surface area contributed by atoms with Crippen molar-refractivity contribution < 1.29 is 28.6 Å². The molecule has 2 aromatic carbocycles. The fraction of sp³-hybridized carbons (Fsp3) is 0.261. The molecule has 2 heterocycles. The zero-order valence-corrected chi connectivity index (χ0v) is 17.6. The zero-order valence-electron chi connectivity index (χ0n) is 17.6. The molecule has 2 fully saturated rings. The van der Waals surface area contributed by atoms with Crippen molar-refractivity contribution in [3.63, 3.8) is 0 Å². The highest BCUT2D eigenvalue weighted by molar-refractivity contribution is 6.31. The summed E-state index contributed by atoms with van der Waals surface area (Å²) in [6.07, 6.45) is 1.49. The lowest BCUT2D eigenvalue weighted by Gasteiger charge is -2.26. The van der Waals surface area contributed by atoms with E-state index in [1.54, 1.807) is 47.4 Å². The average molecular weight is 437 g/mol. The van der Waals surface area contributed by atoms with Crippen LogP contribution in [-0.2, 0) is 19.1 Å². The summed E-state index contributed by atoms with van der Waals surface area (Å²) in [5.74, 6) is -0.286. The number of hydrogen-bond donors (Lipinski definition) is 1. The lowest BCUT2D eigenvalue weighted by atomic mass is 10.1. The van der Waals surface area contributed by atoms with Crippen molar-refractivity contribution in [1.29, 1.82) is 0 Å². The minimum absolute atomic E-state index is 0.00655. The van der Waals surface area contributed by atoms with Crippen molar-refractivity contribution in [2.24, 2.45) is 0 Å². The number of anilines is 1.